The molecule has 1 aliphatic rings. The minimum Gasteiger partial charge on any atom is -0.339 e. The number of fused-ring (bicyclic) bond motifs is 1. The zero-order valence-corrected chi connectivity index (χ0v) is 15.4. The molecular weight excluding hydrogens is 362 g/mol. The topological polar surface area (TPSA) is 75.2 Å². The first-order chi connectivity index (χ1) is 13.1. The average Bonchev–Trinajstić information content (AvgIpc) is 3.20. The molecule has 138 valence electrons. The van der Waals surface area contributed by atoms with Gasteiger partial charge in [-0.05, 0) is 42.5 Å². The van der Waals surface area contributed by atoms with E-state index in [0.717, 1.165) is 4.88 Å². The summed E-state index contributed by atoms with van der Waals surface area (Å²) in [5.41, 5.74) is -0.104. The minimum atomic E-state index is -0.388. The maximum absolute atomic E-state index is 12.8. The van der Waals surface area contributed by atoms with Gasteiger partial charge in [0.25, 0.3) is 5.56 Å². The van der Waals surface area contributed by atoms with Gasteiger partial charge >= 0.3 is 5.69 Å². The van der Waals surface area contributed by atoms with Gasteiger partial charge in [-0.1, -0.05) is 18.2 Å². The molecular formula is C20H19N3O3S. The highest BCUT2D eigenvalue weighted by molar-refractivity contribution is 7.10. The molecule has 1 amide bonds. The maximum atomic E-state index is 12.8. The summed E-state index contributed by atoms with van der Waals surface area (Å²) in [7, 11) is 0. The van der Waals surface area contributed by atoms with Crippen molar-refractivity contribution in [3.8, 4) is 0 Å². The number of hydrogen-bond acceptors (Lipinski definition) is 4. The van der Waals surface area contributed by atoms with Crippen LogP contribution in [0.3, 0.4) is 0 Å². The number of rotatable bonds is 3. The fourth-order valence-electron chi connectivity index (χ4n) is 3.50. The van der Waals surface area contributed by atoms with Crippen molar-refractivity contribution >= 4 is 34.2 Å². The summed E-state index contributed by atoms with van der Waals surface area (Å²) in [6.07, 6.45) is 4.57. The summed E-state index contributed by atoms with van der Waals surface area (Å²) in [5.74, 6) is -0.0402. The number of nitrogens with one attached hydrogen (secondary N) is 1. The molecule has 3 aromatic rings. The van der Waals surface area contributed by atoms with Gasteiger partial charge in [0.05, 0.1) is 10.9 Å². The number of benzene rings is 1. The van der Waals surface area contributed by atoms with Crippen molar-refractivity contribution in [3.63, 3.8) is 0 Å². The number of nitrogens with zero attached hydrogens (tertiary/aromatic N) is 2. The van der Waals surface area contributed by atoms with Crippen LogP contribution in [0.1, 0.15) is 23.8 Å². The van der Waals surface area contributed by atoms with Crippen LogP contribution in [0.15, 0.2) is 57.4 Å². The Morgan fingerprint density at radius 3 is 2.63 bits per heavy atom. The van der Waals surface area contributed by atoms with Crippen LogP contribution < -0.4 is 11.2 Å². The summed E-state index contributed by atoms with van der Waals surface area (Å²) < 4.78 is 1.31. The third kappa shape index (κ3) is 3.50. The molecule has 0 radical (unpaired) electrons. The lowest BCUT2D eigenvalue weighted by molar-refractivity contribution is -0.127. The number of H-pyrrole nitrogens is 1. The van der Waals surface area contributed by atoms with E-state index in [9.17, 15) is 14.4 Å². The first kappa shape index (κ1) is 17.5. The highest BCUT2D eigenvalue weighted by atomic mass is 32.1. The Hall–Kier alpha value is -2.93. The molecule has 7 heteroatoms. The number of amides is 1. The maximum Gasteiger partial charge on any atom is 0.329 e. The number of carbonyl (C=O) groups excluding carboxylic acids is 1. The van der Waals surface area contributed by atoms with Crippen LogP contribution >= 0.6 is 11.3 Å². The van der Waals surface area contributed by atoms with E-state index in [1.165, 1.54) is 4.57 Å². The molecule has 27 heavy (non-hydrogen) atoms. The average molecular weight is 381 g/mol. The van der Waals surface area contributed by atoms with Crippen LogP contribution in [-0.4, -0.2) is 33.4 Å². The van der Waals surface area contributed by atoms with Gasteiger partial charge in [-0.3, -0.25) is 14.2 Å². The molecule has 4 rings (SSSR count). The van der Waals surface area contributed by atoms with Gasteiger partial charge in [0.15, 0.2) is 0 Å². The smallest absolute Gasteiger partial charge is 0.329 e. The second kappa shape index (κ2) is 7.36. The zero-order chi connectivity index (χ0) is 18.8. The van der Waals surface area contributed by atoms with E-state index in [1.807, 2.05) is 23.6 Å². The molecule has 0 bridgehead atoms. The van der Waals surface area contributed by atoms with Gasteiger partial charge < -0.3 is 9.88 Å². The van der Waals surface area contributed by atoms with E-state index < -0.39 is 0 Å². The quantitative estimate of drug-likeness (QED) is 0.709. The summed E-state index contributed by atoms with van der Waals surface area (Å²) in [6, 6.07) is 10.7. The predicted molar refractivity (Wildman–Crippen MR) is 107 cm³/mol. The van der Waals surface area contributed by atoms with Crippen molar-refractivity contribution < 1.29 is 4.79 Å². The molecule has 0 spiro atoms. The van der Waals surface area contributed by atoms with Crippen LogP contribution in [0.2, 0.25) is 0 Å². The summed E-state index contributed by atoms with van der Waals surface area (Å²) in [6.45, 7) is 1.05. The van der Waals surface area contributed by atoms with Crippen molar-refractivity contribution in [2.45, 2.75) is 18.9 Å². The number of hydrogen-bond donors (Lipinski definition) is 1. The van der Waals surface area contributed by atoms with Crippen molar-refractivity contribution in [2.75, 3.05) is 13.1 Å². The van der Waals surface area contributed by atoms with E-state index in [4.69, 9.17) is 0 Å². The Bertz CT molecular complexity index is 1100. The van der Waals surface area contributed by atoms with Gasteiger partial charge in [0, 0.05) is 30.1 Å². The molecule has 0 unspecified atom stereocenters. The normalized spacial score (nSPS) is 15.6. The van der Waals surface area contributed by atoms with Crippen LogP contribution in [0.25, 0.3) is 17.0 Å². The van der Waals surface area contributed by atoms with Crippen LogP contribution in [-0.2, 0) is 4.79 Å². The Labute approximate surface area is 159 Å². The molecule has 1 aliphatic heterocycles. The Kier molecular flexibility index (Phi) is 4.77. The van der Waals surface area contributed by atoms with E-state index in [1.54, 1.807) is 46.6 Å². The van der Waals surface area contributed by atoms with Crippen LogP contribution in [0.4, 0.5) is 0 Å². The monoisotopic (exact) mass is 381 g/mol. The summed E-state index contributed by atoms with van der Waals surface area (Å²) in [5, 5.41) is 2.48. The molecule has 0 atom stereocenters. The highest BCUT2D eigenvalue weighted by Crippen LogP contribution is 2.21. The lowest BCUT2D eigenvalue weighted by atomic mass is 10.0. The van der Waals surface area contributed by atoms with Gasteiger partial charge in [-0.25, -0.2) is 4.79 Å². The number of thiophene rings is 1. The number of aromatic amines is 1. The summed E-state index contributed by atoms with van der Waals surface area (Å²) >= 11 is 1.58. The zero-order valence-electron chi connectivity index (χ0n) is 14.6. The lowest BCUT2D eigenvalue weighted by Gasteiger charge is -2.31. The molecule has 1 saturated heterocycles. The number of piperidine rings is 1. The van der Waals surface area contributed by atoms with Crippen LogP contribution in [0, 0.1) is 0 Å². The van der Waals surface area contributed by atoms with Crippen molar-refractivity contribution in [1.29, 1.82) is 0 Å². The highest BCUT2D eigenvalue weighted by Gasteiger charge is 2.25. The summed E-state index contributed by atoms with van der Waals surface area (Å²) in [4.78, 5) is 43.1. The van der Waals surface area contributed by atoms with E-state index in [-0.39, 0.29) is 23.2 Å². The number of likely N-dealkylation sites (tertiary alicyclic amines) is 1. The predicted octanol–water partition coefficient (Wildman–Crippen LogP) is 2.63. The standard InChI is InChI=1S/C20H19N3O3S/c24-18(8-7-15-4-3-13-27-15)22-11-9-14(10-12-22)23-19(25)16-5-1-2-6-17(16)21-20(23)26/h1-8,13-14H,9-12H2,(H,21,26). The van der Waals surface area contributed by atoms with E-state index in [0.29, 0.717) is 36.8 Å². The number of carbonyl (C=O) groups is 1. The fraction of sp³-hybridized carbons (Fsp3) is 0.250. The number of para-hydroxylation sites is 1. The first-order valence-electron chi connectivity index (χ1n) is 8.87. The molecule has 0 saturated carbocycles. The molecule has 2 aromatic heterocycles. The largest absolute Gasteiger partial charge is 0.339 e. The third-order valence-corrected chi connectivity index (χ3v) is 5.75. The Morgan fingerprint density at radius 2 is 1.89 bits per heavy atom. The molecule has 0 aliphatic carbocycles. The molecule has 3 heterocycles. The lowest BCUT2D eigenvalue weighted by Crippen LogP contribution is -2.44. The van der Waals surface area contributed by atoms with Gasteiger partial charge in [0.1, 0.15) is 0 Å². The molecule has 1 N–H and O–H groups in total. The van der Waals surface area contributed by atoms with E-state index in [2.05, 4.69) is 4.98 Å². The second-order valence-corrected chi connectivity index (χ2v) is 7.54. The minimum absolute atomic E-state index is 0.0402. The van der Waals surface area contributed by atoms with Crippen LogP contribution in [0.5, 0.6) is 0 Å². The van der Waals surface area contributed by atoms with Crippen molar-refractivity contribution in [1.82, 2.24) is 14.5 Å². The van der Waals surface area contributed by atoms with Crippen molar-refractivity contribution in [3.05, 3.63) is 73.6 Å². The Balaban J connectivity index is 1.50. The molecule has 1 fully saturated rings. The third-order valence-electron chi connectivity index (χ3n) is 4.91. The fourth-order valence-corrected chi connectivity index (χ4v) is 4.12. The van der Waals surface area contributed by atoms with Gasteiger partial charge in [0.2, 0.25) is 5.91 Å². The Morgan fingerprint density at radius 1 is 1.11 bits per heavy atom. The number of aromatic nitrogens is 2. The molecule has 6 nitrogen and oxygen atoms in total. The van der Waals surface area contributed by atoms with Crippen molar-refractivity contribution in [2.24, 2.45) is 0 Å². The molecule has 1 aromatic carbocycles. The second-order valence-electron chi connectivity index (χ2n) is 6.56. The van der Waals surface area contributed by atoms with Gasteiger partial charge in [-0.2, -0.15) is 0 Å². The van der Waals surface area contributed by atoms with Gasteiger partial charge in [-0.15, -0.1) is 11.3 Å². The first-order valence-corrected chi connectivity index (χ1v) is 9.75. The van der Waals surface area contributed by atoms with E-state index >= 15 is 0 Å². The SMILES string of the molecule is O=C(C=Cc1cccs1)N1CCC(n2c(=O)[nH]c3ccccc3c2=O)CC1.